The maximum Gasteiger partial charge on any atom is 0.306 e. The number of hydrogen-bond acceptors (Lipinski definition) is 6. The van der Waals surface area contributed by atoms with Gasteiger partial charge in [0.05, 0.1) is 0 Å². The molecule has 350 valence electrons. The van der Waals surface area contributed by atoms with E-state index in [4.69, 9.17) is 14.2 Å². The number of carbonyl (C=O) groups is 3. The molecule has 0 aliphatic heterocycles. The maximum atomic E-state index is 12.8. The number of unbranched alkanes of at least 4 members (excludes halogenated alkanes) is 31. The highest BCUT2D eigenvalue weighted by atomic mass is 16.6. The average Bonchev–Trinajstić information content (AvgIpc) is 3.22. The van der Waals surface area contributed by atoms with Crippen LogP contribution in [0, 0.1) is 11.8 Å². The first kappa shape index (κ1) is 57.4. The molecule has 6 nitrogen and oxygen atoms in total. The average molecular weight is 835 g/mol. The SMILES string of the molecule is CCCCCCCCCCCCCCCCCCCC(=O)O[C@H](COC(=O)CCCCCCCCCCCCCC(C)C)COC(=O)CCCCCCCCC(C)CC. The molecule has 0 aromatic carbocycles. The topological polar surface area (TPSA) is 78.9 Å². The van der Waals surface area contributed by atoms with Crippen LogP contribution in [0.25, 0.3) is 0 Å². The van der Waals surface area contributed by atoms with Gasteiger partial charge in [0, 0.05) is 19.3 Å². The van der Waals surface area contributed by atoms with Crippen LogP contribution in [-0.2, 0) is 28.6 Å². The van der Waals surface area contributed by atoms with E-state index in [2.05, 4.69) is 34.6 Å². The Balaban J connectivity index is 4.29. The lowest BCUT2D eigenvalue weighted by Crippen LogP contribution is -2.30. The largest absolute Gasteiger partial charge is 0.462 e. The number of ether oxygens (including phenoxy) is 3. The van der Waals surface area contributed by atoms with Crippen molar-refractivity contribution in [3.05, 3.63) is 0 Å². The van der Waals surface area contributed by atoms with Gasteiger partial charge in [0.25, 0.3) is 0 Å². The highest BCUT2D eigenvalue weighted by molar-refractivity contribution is 5.71. The first-order valence-corrected chi connectivity index (χ1v) is 26.3. The molecule has 0 radical (unpaired) electrons. The van der Waals surface area contributed by atoms with Gasteiger partial charge in [-0.15, -0.1) is 0 Å². The summed E-state index contributed by atoms with van der Waals surface area (Å²) in [6, 6.07) is 0. The van der Waals surface area contributed by atoms with E-state index in [9.17, 15) is 14.4 Å². The lowest BCUT2D eigenvalue weighted by molar-refractivity contribution is -0.167. The van der Waals surface area contributed by atoms with Crippen molar-refractivity contribution in [2.24, 2.45) is 11.8 Å². The third-order valence-electron chi connectivity index (χ3n) is 12.3. The minimum atomic E-state index is -0.762. The van der Waals surface area contributed by atoms with Crippen LogP contribution >= 0.6 is 0 Å². The molecule has 6 heteroatoms. The Morgan fingerprint density at radius 2 is 0.644 bits per heavy atom. The van der Waals surface area contributed by atoms with Crippen LogP contribution in [0.15, 0.2) is 0 Å². The molecule has 0 spiro atoms. The molecule has 0 N–H and O–H groups in total. The second-order valence-electron chi connectivity index (χ2n) is 18.9. The van der Waals surface area contributed by atoms with E-state index in [1.54, 1.807) is 0 Å². The first-order valence-electron chi connectivity index (χ1n) is 26.3. The van der Waals surface area contributed by atoms with Crippen LogP contribution in [-0.4, -0.2) is 37.2 Å². The van der Waals surface area contributed by atoms with Gasteiger partial charge < -0.3 is 14.2 Å². The monoisotopic (exact) mass is 835 g/mol. The summed E-state index contributed by atoms with van der Waals surface area (Å²) in [4.78, 5) is 37.9. The van der Waals surface area contributed by atoms with E-state index < -0.39 is 6.10 Å². The van der Waals surface area contributed by atoms with Gasteiger partial charge in [-0.25, -0.2) is 0 Å². The molecule has 0 bridgehead atoms. The van der Waals surface area contributed by atoms with E-state index in [-0.39, 0.29) is 31.1 Å². The second-order valence-corrected chi connectivity index (χ2v) is 18.9. The summed E-state index contributed by atoms with van der Waals surface area (Å²) in [5.41, 5.74) is 0. The molecular formula is C53H102O6. The van der Waals surface area contributed by atoms with Gasteiger partial charge in [0.2, 0.25) is 0 Å². The molecule has 0 aromatic rings. The maximum absolute atomic E-state index is 12.8. The summed E-state index contributed by atoms with van der Waals surface area (Å²) in [6.07, 6.45) is 46.6. The van der Waals surface area contributed by atoms with Crippen LogP contribution < -0.4 is 0 Å². The molecular weight excluding hydrogens is 733 g/mol. The third kappa shape index (κ3) is 45.8. The molecule has 1 unspecified atom stereocenters. The van der Waals surface area contributed by atoms with E-state index in [1.807, 2.05) is 0 Å². The molecule has 0 heterocycles. The Labute approximate surface area is 368 Å². The molecule has 0 amide bonds. The summed E-state index contributed by atoms with van der Waals surface area (Å²) in [5, 5.41) is 0. The zero-order valence-electron chi connectivity index (χ0n) is 40.4. The molecule has 2 atom stereocenters. The predicted molar refractivity (Wildman–Crippen MR) is 252 cm³/mol. The quantitative estimate of drug-likeness (QED) is 0.0345. The molecule has 59 heavy (non-hydrogen) atoms. The van der Waals surface area contributed by atoms with Crippen LogP contribution in [0.3, 0.4) is 0 Å². The van der Waals surface area contributed by atoms with Gasteiger partial charge in [-0.1, -0.05) is 253 Å². The summed E-state index contributed by atoms with van der Waals surface area (Å²) in [5.74, 6) is 0.790. The van der Waals surface area contributed by atoms with Crippen LogP contribution in [0.4, 0.5) is 0 Å². The Bertz CT molecular complexity index is 902. The van der Waals surface area contributed by atoms with E-state index in [0.29, 0.717) is 19.3 Å². The Morgan fingerprint density at radius 1 is 0.356 bits per heavy atom. The number of esters is 3. The van der Waals surface area contributed by atoms with Crippen molar-refractivity contribution >= 4 is 17.9 Å². The lowest BCUT2D eigenvalue weighted by atomic mass is 10.00. The first-order chi connectivity index (χ1) is 28.8. The number of rotatable bonds is 47. The molecule has 0 aliphatic carbocycles. The van der Waals surface area contributed by atoms with Crippen molar-refractivity contribution in [1.29, 1.82) is 0 Å². The third-order valence-corrected chi connectivity index (χ3v) is 12.3. The fourth-order valence-corrected chi connectivity index (χ4v) is 7.96. The summed E-state index contributed by atoms with van der Waals surface area (Å²) in [6.45, 7) is 11.3. The minimum Gasteiger partial charge on any atom is -0.462 e. The van der Waals surface area contributed by atoms with E-state index in [0.717, 1.165) is 69.6 Å². The van der Waals surface area contributed by atoms with Crippen molar-refractivity contribution in [2.75, 3.05) is 13.2 Å². The Morgan fingerprint density at radius 3 is 0.966 bits per heavy atom. The zero-order valence-corrected chi connectivity index (χ0v) is 40.4. The highest BCUT2D eigenvalue weighted by Gasteiger charge is 2.19. The standard InChI is InChI=1S/C53H102O6/c1-6-8-9-10-11-12-13-14-15-16-17-18-21-25-28-35-40-45-53(56)59-50(47-58-52(55)44-39-34-30-29-32-37-42-49(5)7-2)46-57-51(54)43-38-33-27-24-22-19-20-23-26-31-36-41-48(3)4/h48-50H,6-47H2,1-5H3/t49?,50-/m1/s1. The molecule has 0 rings (SSSR count). The van der Waals surface area contributed by atoms with Gasteiger partial charge in [0.15, 0.2) is 6.10 Å². The summed E-state index contributed by atoms with van der Waals surface area (Å²) < 4.78 is 16.8. The summed E-state index contributed by atoms with van der Waals surface area (Å²) >= 11 is 0. The van der Waals surface area contributed by atoms with Crippen molar-refractivity contribution in [1.82, 2.24) is 0 Å². The Hall–Kier alpha value is -1.59. The normalized spacial score (nSPS) is 12.5. The van der Waals surface area contributed by atoms with Gasteiger partial charge in [-0.2, -0.15) is 0 Å². The fourth-order valence-electron chi connectivity index (χ4n) is 7.96. The molecule has 0 saturated carbocycles. The van der Waals surface area contributed by atoms with E-state index >= 15 is 0 Å². The zero-order chi connectivity index (χ0) is 43.3. The summed E-state index contributed by atoms with van der Waals surface area (Å²) in [7, 11) is 0. The molecule has 0 fully saturated rings. The van der Waals surface area contributed by atoms with Crippen LogP contribution in [0.5, 0.6) is 0 Å². The van der Waals surface area contributed by atoms with Gasteiger partial charge in [0.1, 0.15) is 13.2 Å². The van der Waals surface area contributed by atoms with E-state index in [1.165, 1.54) is 180 Å². The van der Waals surface area contributed by atoms with Gasteiger partial charge in [-0.3, -0.25) is 14.4 Å². The lowest BCUT2D eigenvalue weighted by Gasteiger charge is -2.18. The van der Waals surface area contributed by atoms with Crippen molar-refractivity contribution in [2.45, 2.75) is 298 Å². The van der Waals surface area contributed by atoms with Crippen molar-refractivity contribution in [3.8, 4) is 0 Å². The molecule has 0 aromatic heterocycles. The van der Waals surface area contributed by atoms with Gasteiger partial charge >= 0.3 is 17.9 Å². The number of hydrogen-bond donors (Lipinski definition) is 0. The van der Waals surface area contributed by atoms with Crippen LogP contribution in [0.2, 0.25) is 0 Å². The van der Waals surface area contributed by atoms with Crippen LogP contribution in [0.1, 0.15) is 291 Å². The highest BCUT2D eigenvalue weighted by Crippen LogP contribution is 2.18. The molecule has 0 saturated heterocycles. The molecule has 0 aliphatic rings. The van der Waals surface area contributed by atoms with Crippen molar-refractivity contribution < 1.29 is 28.6 Å². The smallest absolute Gasteiger partial charge is 0.306 e. The van der Waals surface area contributed by atoms with Crippen molar-refractivity contribution in [3.63, 3.8) is 0 Å². The van der Waals surface area contributed by atoms with Gasteiger partial charge in [-0.05, 0) is 31.1 Å². The predicted octanol–water partition coefficient (Wildman–Crippen LogP) is 16.9. The minimum absolute atomic E-state index is 0.0645. The Kier molecular flexibility index (Phi) is 44.7. The fraction of sp³-hybridized carbons (Fsp3) is 0.943. The second kappa shape index (κ2) is 45.9. The number of carbonyl (C=O) groups excluding carboxylic acids is 3.